The van der Waals surface area contributed by atoms with Crippen molar-refractivity contribution >= 4 is 5.97 Å². The van der Waals surface area contributed by atoms with E-state index in [9.17, 15) is 22.4 Å². The van der Waals surface area contributed by atoms with E-state index in [1.54, 1.807) is 0 Å². The van der Waals surface area contributed by atoms with Crippen LogP contribution in [0.2, 0.25) is 0 Å². The molecule has 1 heterocycles. The third-order valence-corrected chi connectivity index (χ3v) is 3.49. The van der Waals surface area contributed by atoms with Gasteiger partial charge in [-0.05, 0) is 30.0 Å². The third kappa shape index (κ3) is 4.47. The van der Waals surface area contributed by atoms with Crippen LogP contribution in [0.4, 0.5) is 17.6 Å². The number of ether oxygens (including phenoxy) is 3. The Hall–Kier alpha value is -2.03. The molecule has 128 valence electrons. The summed E-state index contributed by atoms with van der Waals surface area (Å²) in [4.78, 5) is 11.5. The van der Waals surface area contributed by atoms with E-state index in [4.69, 9.17) is 0 Å². The summed E-state index contributed by atoms with van der Waals surface area (Å²) in [5.74, 6) is -1.53. The van der Waals surface area contributed by atoms with Crippen molar-refractivity contribution in [2.45, 2.75) is 31.6 Å². The first kappa shape index (κ1) is 17.3. The van der Waals surface area contributed by atoms with Gasteiger partial charge in [-0.25, -0.2) is 0 Å². The van der Waals surface area contributed by atoms with Crippen LogP contribution in [-0.4, -0.2) is 38.9 Å². The quantitative estimate of drug-likeness (QED) is 0.638. The molecule has 1 fully saturated rings. The van der Waals surface area contributed by atoms with Crippen molar-refractivity contribution in [3.63, 3.8) is 0 Å². The first-order chi connectivity index (χ1) is 10.9. The fraction of sp³-hybridized carbons (Fsp3) is 0.500. The first-order valence-corrected chi connectivity index (χ1v) is 6.75. The van der Waals surface area contributed by atoms with Gasteiger partial charge in [-0.2, -0.15) is 17.6 Å². The zero-order valence-electron chi connectivity index (χ0n) is 12.1. The Morgan fingerprint density at radius 2 is 1.83 bits per heavy atom. The molecule has 0 saturated carbocycles. The van der Waals surface area contributed by atoms with E-state index in [0.29, 0.717) is 18.5 Å². The lowest BCUT2D eigenvalue weighted by Crippen LogP contribution is -2.31. The minimum Gasteiger partial charge on any atom is -0.468 e. The monoisotopic (exact) mass is 337 g/mol. The predicted molar refractivity (Wildman–Crippen MR) is 70.9 cm³/mol. The molecule has 0 bridgehead atoms. The van der Waals surface area contributed by atoms with Crippen LogP contribution in [0, 0.1) is 0 Å². The molecule has 1 saturated heterocycles. The molecule has 0 spiro atoms. The third-order valence-electron chi connectivity index (χ3n) is 3.49. The molecule has 5 nitrogen and oxygen atoms in total. The predicted octanol–water partition coefficient (Wildman–Crippen LogP) is 2.51. The Kier molecular flexibility index (Phi) is 5.64. The van der Waals surface area contributed by atoms with Gasteiger partial charge in [0, 0.05) is 6.54 Å². The van der Waals surface area contributed by atoms with E-state index in [0.717, 1.165) is 6.07 Å². The van der Waals surface area contributed by atoms with Gasteiger partial charge in [0.25, 0.3) is 0 Å². The normalized spacial score (nSPS) is 20.8. The number of benzene rings is 1. The smallest absolute Gasteiger partial charge is 0.387 e. The van der Waals surface area contributed by atoms with Gasteiger partial charge in [0.2, 0.25) is 0 Å². The fourth-order valence-corrected chi connectivity index (χ4v) is 2.47. The Balaban J connectivity index is 2.18. The van der Waals surface area contributed by atoms with Crippen molar-refractivity contribution in [2.75, 3.05) is 13.7 Å². The molecule has 1 unspecified atom stereocenters. The van der Waals surface area contributed by atoms with Gasteiger partial charge >= 0.3 is 19.2 Å². The maximum Gasteiger partial charge on any atom is 0.387 e. The van der Waals surface area contributed by atoms with Gasteiger partial charge in [-0.15, -0.1) is 0 Å². The first-order valence-electron chi connectivity index (χ1n) is 6.75. The number of carbonyl (C=O) groups excluding carboxylic acids is 1. The Morgan fingerprint density at radius 1 is 1.17 bits per heavy atom. The Morgan fingerprint density at radius 3 is 2.43 bits per heavy atom. The van der Waals surface area contributed by atoms with E-state index in [-0.39, 0.29) is 5.92 Å². The standard InChI is InChI=1S/C14H15F4NO4/c1-21-12(20)9-4-8(6-19-9)7-2-3-10(22-13(15)16)11(5-7)23-14(17)18/h2-3,5,8-9,13-14,19H,4,6H2,1H3/t8?,9-/m1/s1. The molecule has 0 radical (unpaired) electrons. The number of hydrogen-bond acceptors (Lipinski definition) is 5. The topological polar surface area (TPSA) is 56.8 Å². The number of hydrogen-bond donors (Lipinski definition) is 1. The molecular weight excluding hydrogens is 322 g/mol. The minimum atomic E-state index is -3.17. The summed E-state index contributed by atoms with van der Waals surface area (Å²) in [6.45, 7) is -5.91. The Bertz CT molecular complexity index is 556. The Labute approximate surface area is 129 Å². The number of esters is 1. The van der Waals surface area contributed by atoms with Gasteiger partial charge in [0.05, 0.1) is 7.11 Å². The summed E-state index contributed by atoms with van der Waals surface area (Å²) in [5.41, 5.74) is 0.571. The number of alkyl halides is 4. The van der Waals surface area contributed by atoms with Crippen LogP contribution < -0.4 is 14.8 Å². The number of nitrogens with one attached hydrogen (secondary N) is 1. The van der Waals surface area contributed by atoms with Crippen molar-refractivity contribution in [1.82, 2.24) is 5.32 Å². The second-order valence-electron chi connectivity index (χ2n) is 4.88. The van der Waals surface area contributed by atoms with Gasteiger partial charge in [0.1, 0.15) is 6.04 Å². The number of methoxy groups -OCH3 is 1. The highest BCUT2D eigenvalue weighted by molar-refractivity contribution is 5.76. The molecule has 1 aromatic rings. The summed E-state index contributed by atoms with van der Waals surface area (Å²) in [6.07, 6.45) is 0.399. The van der Waals surface area contributed by atoms with Crippen LogP contribution in [0.1, 0.15) is 17.9 Å². The molecule has 2 atom stereocenters. The van der Waals surface area contributed by atoms with Crippen LogP contribution in [0.25, 0.3) is 0 Å². The maximum atomic E-state index is 12.4. The van der Waals surface area contributed by atoms with Crippen molar-refractivity contribution in [2.24, 2.45) is 0 Å². The molecule has 23 heavy (non-hydrogen) atoms. The molecule has 1 aliphatic heterocycles. The molecule has 1 aliphatic rings. The molecule has 1 N–H and O–H groups in total. The highest BCUT2D eigenvalue weighted by Crippen LogP contribution is 2.35. The van der Waals surface area contributed by atoms with Gasteiger partial charge in [-0.3, -0.25) is 4.79 Å². The summed E-state index contributed by atoms with van der Waals surface area (Å²) in [5, 5.41) is 2.95. The molecule has 0 aliphatic carbocycles. The number of rotatable bonds is 6. The number of carbonyl (C=O) groups is 1. The van der Waals surface area contributed by atoms with E-state index in [1.165, 1.54) is 19.2 Å². The van der Waals surface area contributed by atoms with Gasteiger partial charge in [0.15, 0.2) is 11.5 Å². The van der Waals surface area contributed by atoms with E-state index < -0.39 is 36.7 Å². The van der Waals surface area contributed by atoms with E-state index >= 15 is 0 Å². The molecule has 0 aromatic heterocycles. The van der Waals surface area contributed by atoms with Crippen molar-refractivity contribution in [1.29, 1.82) is 0 Å². The zero-order chi connectivity index (χ0) is 17.0. The molecule has 9 heteroatoms. The molecule has 1 aromatic carbocycles. The van der Waals surface area contributed by atoms with Gasteiger partial charge < -0.3 is 19.5 Å². The van der Waals surface area contributed by atoms with Crippen LogP contribution in [0.15, 0.2) is 18.2 Å². The summed E-state index contributed by atoms with van der Waals surface area (Å²) in [6, 6.07) is 3.34. The van der Waals surface area contributed by atoms with Crippen molar-refractivity contribution < 1.29 is 36.6 Å². The van der Waals surface area contributed by atoms with E-state index in [1.807, 2.05) is 0 Å². The largest absolute Gasteiger partial charge is 0.468 e. The fourth-order valence-electron chi connectivity index (χ4n) is 2.47. The maximum absolute atomic E-state index is 12.4. The summed E-state index contributed by atoms with van der Waals surface area (Å²) < 4.78 is 62.5. The van der Waals surface area contributed by atoms with Gasteiger partial charge in [-0.1, -0.05) is 6.07 Å². The van der Waals surface area contributed by atoms with Crippen LogP contribution in [0.3, 0.4) is 0 Å². The van der Waals surface area contributed by atoms with Crippen molar-refractivity contribution in [3.05, 3.63) is 23.8 Å². The highest BCUT2D eigenvalue weighted by Gasteiger charge is 2.31. The lowest BCUT2D eigenvalue weighted by molar-refractivity contribution is -0.142. The molecule has 2 rings (SSSR count). The zero-order valence-corrected chi connectivity index (χ0v) is 12.1. The summed E-state index contributed by atoms with van der Waals surface area (Å²) >= 11 is 0. The lowest BCUT2D eigenvalue weighted by atomic mass is 9.96. The number of halogens is 4. The second kappa shape index (κ2) is 7.49. The highest BCUT2D eigenvalue weighted by atomic mass is 19.3. The molecule has 0 amide bonds. The average Bonchev–Trinajstić information content (AvgIpc) is 2.97. The SMILES string of the molecule is COC(=O)[C@H]1CC(c2ccc(OC(F)F)c(OC(F)F)c2)CN1. The van der Waals surface area contributed by atoms with Crippen LogP contribution >= 0.6 is 0 Å². The van der Waals surface area contributed by atoms with E-state index in [2.05, 4.69) is 19.5 Å². The minimum absolute atomic E-state index is 0.167. The van der Waals surface area contributed by atoms with Crippen LogP contribution in [0.5, 0.6) is 11.5 Å². The molecular formula is C14H15F4NO4. The summed E-state index contributed by atoms with van der Waals surface area (Å²) in [7, 11) is 1.27. The van der Waals surface area contributed by atoms with Crippen molar-refractivity contribution in [3.8, 4) is 11.5 Å². The second-order valence-corrected chi connectivity index (χ2v) is 4.88. The lowest BCUT2D eigenvalue weighted by Gasteiger charge is -2.15. The average molecular weight is 337 g/mol. The van der Waals surface area contributed by atoms with Crippen LogP contribution in [-0.2, 0) is 9.53 Å².